The first-order valence-corrected chi connectivity index (χ1v) is 5.64. The summed E-state index contributed by atoms with van der Waals surface area (Å²) in [6.45, 7) is -0.416. The third-order valence-corrected chi connectivity index (χ3v) is 2.24. The van der Waals surface area contributed by atoms with Crippen molar-refractivity contribution in [3.05, 3.63) is 23.8 Å². The zero-order valence-electron chi connectivity index (χ0n) is 10.5. The van der Waals surface area contributed by atoms with Crippen molar-refractivity contribution in [2.45, 2.75) is 12.7 Å². The Morgan fingerprint density at radius 3 is 2.58 bits per heavy atom. The molecule has 0 saturated heterocycles. The Balaban J connectivity index is 2.67. The SMILES string of the molecule is COc1cc(CNCCO)ccc1OCC(F)(F)F. The van der Waals surface area contributed by atoms with Crippen LogP contribution in [0.2, 0.25) is 0 Å². The third kappa shape index (κ3) is 5.80. The van der Waals surface area contributed by atoms with Gasteiger partial charge in [0.2, 0.25) is 0 Å². The summed E-state index contributed by atoms with van der Waals surface area (Å²) in [6.07, 6.45) is -4.38. The molecule has 0 spiro atoms. The van der Waals surface area contributed by atoms with Gasteiger partial charge in [-0.2, -0.15) is 13.2 Å². The van der Waals surface area contributed by atoms with Gasteiger partial charge in [0.25, 0.3) is 0 Å². The van der Waals surface area contributed by atoms with Gasteiger partial charge in [-0.3, -0.25) is 0 Å². The standard InChI is InChI=1S/C12H16F3NO3/c1-18-11-6-9(7-16-4-5-17)2-3-10(11)19-8-12(13,14)15/h2-3,6,16-17H,4-5,7-8H2,1H3. The van der Waals surface area contributed by atoms with Gasteiger partial charge >= 0.3 is 6.18 Å². The fraction of sp³-hybridized carbons (Fsp3) is 0.500. The highest BCUT2D eigenvalue weighted by Crippen LogP contribution is 2.29. The molecule has 0 fully saturated rings. The summed E-state index contributed by atoms with van der Waals surface area (Å²) in [5.41, 5.74) is 0.824. The lowest BCUT2D eigenvalue weighted by molar-refractivity contribution is -0.153. The Hall–Kier alpha value is -1.47. The summed E-state index contributed by atoms with van der Waals surface area (Å²) in [4.78, 5) is 0. The van der Waals surface area contributed by atoms with Crippen molar-refractivity contribution in [1.82, 2.24) is 5.32 Å². The van der Waals surface area contributed by atoms with Gasteiger partial charge in [0, 0.05) is 13.1 Å². The number of halogens is 3. The molecule has 0 aliphatic heterocycles. The van der Waals surface area contributed by atoms with E-state index in [2.05, 4.69) is 10.1 Å². The summed E-state index contributed by atoms with van der Waals surface area (Å²) in [5.74, 6) is 0.290. The Morgan fingerprint density at radius 1 is 1.26 bits per heavy atom. The molecule has 0 aliphatic rings. The molecule has 1 aromatic rings. The first kappa shape index (κ1) is 15.6. The molecular formula is C12H16F3NO3. The van der Waals surface area contributed by atoms with E-state index in [-0.39, 0.29) is 18.1 Å². The van der Waals surface area contributed by atoms with Gasteiger partial charge in [-0.05, 0) is 17.7 Å². The van der Waals surface area contributed by atoms with Crippen LogP contribution in [0.15, 0.2) is 18.2 Å². The number of rotatable bonds is 7. The molecule has 0 heterocycles. The maximum atomic E-state index is 12.1. The van der Waals surface area contributed by atoms with Crippen molar-refractivity contribution >= 4 is 0 Å². The molecule has 0 unspecified atom stereocenters. The summed E-state index contributed by atoms with van der Waals surface area (Å²) >= 11 is 0. The molecule has 0 bridgehead atoms. The van der Waals surface area contributed by atoms with Gasteiger partial charge < -0.3 is 19.9 Å². The van der Waals surface area contributed by atoms with Crippen LogP contribution in [-0.4, -0.2) is 38.2 Å². The first-order chi connectivity index (χ1) is 8.96. The fourth-order valence-corrected chi connectivity index (χ4v) is 1.41. The van der Waals surface area contributed by atoms with Crippen LogP contribution in [0.5, 0.6) is 11.5 Å². The van der Waals surface area contributed by atoms with Gasteiger partial charge in [0.1, 0.15) is 0 Å². The molecule has 1 rings (SSSR count). The molecule has 108 valence electrons. The van der Waals surface area contributed by atoms with Crippen LogP contribution in [0.3, 0.4) is 0 Å². The number of aliphatic hydroxyl groups is 1. The van der Waals surface area contributed by atoms with Crippen molar-refractivity contribution in [2.75, 3.05) is 26.9 Å². The zero-order chi connectivity index (χ0) is 14.3. The molecule has 19 heavy (non-hydrogen) atoms. The Morgan fingerprint density at radius 2 is 2.00 bits per heavy atom. The van der Waals surface area contributed by atoms with Crippen LogP contribution in [0, 0.1) is 0 Å². The average Bonchev–Trinajstić information content (AvgIpc) is 2.36. The molecule has 2 N–H and O–H groups in total. The lowest BCUT2D eigenvalue weighted by Gasteiger charge is -2.13. The second-order valence-electron chi connectivity index (χ2n) is 3.79. The molecular weight excluding hydrogens is 263 g/mol. The fourth-order valence-electron chi connectivity index (χ4n) is 1.41. The van der Waals surface area contributed by atoms with Crippen LogP contribution in [-0.2, 0) is 6.54 Å². The molecule has 0 aliphatic carbocycles. The van der Waals surface area contributed by atoms with Crippen molar-refractivity contribution in [3.63, 3.8) is 0 Å². The number of ether oxygens (including phenoxy) is 2. The molecule has 0 saturated carbocycles. The van der Waals surface area contributed by atoms with Gasteiger partial charge in [0.15, 0.2) is 18.1 Å². The van der Waals surface area contributed by atoms with Gasteiger partial charge in [-0.15, -0.1) is 0 Å². The van der Waals surface area contributed by atoms with E-state index in [0.29, 0.717) is 13.1 Å². The van der Waals surface area contributed by atoms with Gasteiger partial charge in [0.05, 0.1) is 13.7 Å². The van der Waals surface area contributed by atoms with E-state index in [1.807, 2.05) is 0 Å². The summed E-state index contributed by atoms with van der Waals surface area (Å²) in [7, 11) is 1.36. The Bertz CT molecular complexity index is 396. The quantitative estimate of drug-likeness (QED) is 0.746. The molecule has 4 nitrogen and oxygen atoms in total. The molecule has 7 heteroatoms. The third-order valence-electron chi connectivity index (χ3n) is 2.24. The van der Waals surface area contributed by atoms with E-state index in [1.165, 1.54) is 13.2 Å². The van der Waals surface area contributed by atoms with Gasteiger partial charge in [-0.25, -0.2) is 0 Å². The van der Waals surface area contributed by atoms with E-state index < -0.39 is 12.8 Å². The van der Waals surface area contributed by atoms with Crippen LogP contribution in [0.4, 0.5) is 13.2 Å². The number of alkyl halides is 3. The van der Waals surface area contributed by atoms with Crippen LogP contribution < -0.4 is 14.8 Å². The van der Waals surface area contributed by atoms with Gasteiger partial charge in [-0.1, -0.05) is 6.07 Å². The number of methoxy groups -OCH3 is 1. The Kier molecular flexibility index (Phi) is 5.91. The minimum Gasteiger partial charge on any atom is -0.493 e. The van der Waals surface area contributed by atoms with Crippen LogP contribution in [0.25, 0.3) is 0 Å². The highest BCUT2D eigenvalue weighted by molar-refractivity contribution is 5.43. The Labute approximate surface area is 109 Å². The van der Waals surface area contributed by atoms with Crippen LogP contribution in [0.1, 0.15) is 5.56 Å². The lowest BCUT2D eigenvalue weighted by atomic mass is 10.2. The number of benzene rings is 1. The molecule has 0 aromatic heterocycles. The number of hydrogen-bond donors (Lipinski definition) is 2. The maximum Gasteiger partial charge on any atom is 0.422 e. The topological polar surface area (TPSA) is 50.7 Å². The van der Waals surface area contributed by atoms with E-state index in [1.54, 1.807) is 12.1 Å². The molecule has 0 atom stereocenters. The number of nitrogens with one attached hydrogen (secondary N) is 1. The van der Waals surface area contributed by atoms with E-state index >= 15 is 0 Å². The summed E-state index contributed by atoms with van der Waals surface area (Å²) < 4.78 is 45.8. The maximum absolute atomic E-state index is 12.1. The number of hydrogen-bond acceptors (Lipinski definition) is 4. The molecule has 0 amide bonds. The van der Waals surface area contributed by atoms with Crippen molar-refractivity contribution in [3.8, 4) is 11.5 Å². The van der Waals surface area contributed by atoms with Crippen molar-refractivity contribution in [1.29, 1.82) is 0 Å². The number of aliphatic hydroxyl groups excluding tert-OH is 1. The monoisotopic (exact) mass is 279 g/mol. The largest absolute Gasteiger partial charge is 0.493 e. The molecule has 0 radical (unpaired) electrons. The summed E-state index contributed by atoms with van der Waals surface area (Å²) in [5, 5.41) is 11.6. The second kappa shape index (κ2) is 7.20. The van der Waals surface area contributed by atoms with Crippen LogP contribution >= 0.6 is 0 Å². The van der Waals surface area contributed by atoms with Crippen molar-refractivity contribution < 1.29 is 27.8 Å². The minimum absolute atomic E-state index is 0.0178. The van der Waals surface area contributed by atoms with Crippen molar-refractivity contribution in [2.24, 2.45) is 0 Å². The highest BCUT2D eigenvalue weighted by atomic mass is 19.4. The van der Waals surface area contributed by atoms with E-state index in [4.69, 9.17) is 9.84 Å². The molecule has 1 aromatic carbocycles. The first-order valence-electron chi connectivity index (χ1n) is 5.64. The predicted molar refractivity (Wildman–Crippen MR) is 63.3 cm³/mol. The minimum atomic E-state index is -4.38. The van der Waals surface area contributed by atoms with E-state index in [0.717, 1.165) is 5.56 Å². The van der Waals surface area contributed by atoms with E-state index in [9.17, 15) is 13.2 Å². The summed E-state index contributed by atoms with van der Waals surface area (Å²) in [6, 6.07) is 4.66. The smallest absolute Gasteiger partial charge is 0.422 e. The normalized spacial score (nSPS) is 11.4. The highest BCUT2D eigenvalue weighted by Gasteiger charge is 2.28. The average molecular weight is 279 g/mol. The zero-order valence-corrected chi connectivity index (χ0v) is 10.5. The predicted octanol–water partition coefficient (Wildman–Crippen LogP) is 1.72. The second-order valence-corrected chi connectivity index (χ2v) is 3.79. The lowest BCUT2D eigenvalue weighted by Crippen LogP contribution is -2.20.